The molecular weight excluding hydrogens is 470 g/mol. The van der Waals surface area contributed by atoms with Crippen molar-refractivity contribution < 1.29 is 27.5 Å². The van der Waals surface area contributed by atoms with Gasteiger partial charge in [-0.15, -0.1) is 0 Å². The highest BCUT2D eigenvalue weighted by atomic mass is 32.2. The molecule has 1 atom stereocenters. The van der Waals surface area contributed by atoms with Gasteiger partial charge in [-0.05, 0) is 37.5 Å². The molecule has 2 aromatic rings. The largest absolute Gasteiger partial charge is 0.486 e. The first-order valence-electron chi connectivity index (χ1n) is 11.8. The summed E-state index contributed by atoms with van der Waals surface area (Å²) in [5, 5.41) is 2.61. The Bertz CT molecular complexity index is 1120. The highest BCUT2D eigenvalue weighted by molar-refractivity contribution is 7.92. The van der Waals surface area contributed by atoms with E-state index in [1.807, 2.05) is 37.3 Å². The molecule has 0 saturated heterocycles. The number of carbonyl (C=O) groups excluding carboxylic acids is 2. The summed E-state index contributed by atoms with van der Waals surface area (Å²) >= 11 is 0. The Morgan fingerprint density at radius 2 is 1.71 bits per heavy atom. The molecule has 0 spiro atoms. The Kier molecular flexibility index (Phi) is 8.97. The van der Waals surface area contributed by atoms with Crippen molar-refractivity contribution in [2.24, 2.45) is 0 Å². The van der Waals surface area contributed by atoms with Crippen molar-refractivity contribution in [1.29, 1.82) is 0 Å². The average molecular weight is 504 g/mol. The van der Waals surface area contributed by atoms with Crippen molar-refractivity contribution in [3.05, 3.63) is 54.1 Å². The predicted molar refractivity (Wildman–Crippen MR) is 134 cm³/mol. The molecule has 9 nitrogen and oxygen atoms in total. The Morgan fingerprint density at radius 3 is 2.34 bits per heavy atom. The number of likely N-dealkylation sites (N-methyl/N-ethyl adjacent to an activating group) is 1. The van der Waals surface area contributed by atoms with Gasteiger partial charge in [0.25, 0.3) is 0 Å². The maximum atomic E-state index is 13.6. The summed E-state index contributed by atoms with van der Waals surface area (Å²) in [4.78, 5) is 27.7. The summed E-state index contributed by atoms with van der Waals surface area (Å²) in [6.45, 7) is 3.96. The van der Waals surface area contributed by atoms with Gasteiger partial charge in [0.05, 0.1) is 11.4 Å². The number of ether oxygens (including phenoxy) is 2. The first-order chi connectivity index (χ1) is 16.8. The number of hydrogen-bond donors (Lipinski definition) is 1. The quantitative estimate of drug-likeness (QED) is 0.504. The van der Waals surface area contributed by atoms with Gasteiger partial charge in [-0.1, -0.05) is 37.3 Å². The molecular formula is C25H33N3O6S. The standard InChI is InChI=1S/C25H33N3O6S/c1-4-21(25(30)26-3)27(14-13-19-9-7-6-8-10-19)24(29)18-28(35(31,32)5-2)20-11-12-22-23(17-20)34-16-15-33-22/h6-12,17,21H,4-5,13-16,18H2,1-3H3,(H,26,30). The van der Waals surface area contributed by atoms with E-state index in [-0.39, 0.29) is 18.2 Å². The fourth-order valence-electron chi connectivity index (χ4n) is 3.97. The SMILES string of the molecule is CCC(C(=O)NC)N(CCc1ccccc1)C(=O)CN(c1ccc2c(c1)OCCO2)S(=O)(=O)CC. The lowest BCUT2D eigenvalue weighted by Gasteiger charge is -2.33. The van der Waals surface area contributed by atoms with Crippen molar-refractivity contribution in [3.8, 4) is 11.5 Å². The topological polar surface area (TPSA) is 105 Å². The minimum absolute atomic E-state index is 0.189. The maximum Gasteiger partial charge on any atom is 0.244 e. The van der Waals surface area contributed by atoms with Crippen molar-refractivity contribution in [3.63, 3.8) is 0 Å². The van der Waals surface area contributed by atoms with Crippen LogP contribution in [0.25, 0.3) is 0 Å². The van der Waals surface area contributed by atoms with Gasteiger partial charge in [-0.25, -0.2) is 8.42 Å². The Morgan fingerprint density at radius 1 is 1.03 bits per heavy atom. The lowest BCUT2D eigenvalue weighted by Crippen LogP contribution is -2.53. The fraction of sp³-hybridized carbons (Fsp3) is 0.440. The molecule has 35 heavy (non-hydrogen) atoms. The minimum atomic E-state index is -3.80. The summed E-state index contributed by atoms with van der Waals surface area (Å²) in [6.07, 6.45) is 0.926. The van der Waals surface area contributed by atoms with Crippen LogP contribution in [0.15, 0.2) is 48.5 Å². The average Bonchev–Trinajstić information content (AvgIpc) is 2.89. The zero-order valence-corrected chi connectivity index (χ0v) is 21.2. The Balaban J connectivity index is 1.91. The number of fused-ring (bicyclic) bond motifs is 1. The van der Waals surface area contributed by atoms with E-state index < -0.39 is 28.5 Å². The van der Waals surface area contributed by atoms with Crippen LogP contribution in [0.1, 0.15) is 25.8 Å². The van der Waals surface area contributed by atoms with Gasteiger partial charge >= 0.3 is 0 Å². The molecule has 10 heteroatoms. The number of nitrogens with one attached hydrogen (secondary N) is 1. The number of carbonyl (C=O) groups is 2. The van der Waals surface area contributed by atoms with E-state index in [9.17, 15) is 18.0 Å². The summed E-state index contributed by atoms with van der Waals surface area (Å²) in [5.41, 5.74) is 1.32. The Hall–Kier alpha value is -3.27. The van der Waals surface area contributed by atoms with Crippen LogP contribution >= 0.6 is 0 Å². The number of hydrogen-bond acceptors (Lipinski definition) is 6. The number of benzene rings is 2. The van der Waals surface area contributed by atoms with Gasteiger partial charge in [0.15, 0.2) is 11.5 Å². The number of nitrogens with zero attached hydrogens (tertiary/aromatic N) is 2. The van der Waals surface area contributed by atoms with Gasteiger partial charge in [0.1, 0.15) is 25.8 Å². The number of sulfonamides is 1. The monoisotopic (exact) mass is 503 g/mol. The van der Waals surface area contributed by atoms with Crippen LogP contribution in [0, 0.1) is 0 Å². The fourth-order valence-corrected chi connectivity index (χ4v) is 5.02. The normalized spacial score (nSPS) is 13.6. The number of rotatable bonds is 11. The van der Waals surface area contributed by atoms with Crippen LogP contribution in [0.3, 0.4) is 0 Å². The van der Waals surface area contributed by atoms with E-state index in [0.29, 0.717) is 43.2 Å². The van der Waals surface area contributed by atoms with Crippen LogP contribution < -0.4 is 19.1 Å². The molecule has 2 amide bonds. The molecule has 0 fully saturated rings. The van der Waals surface area contributed by atoms with Gasteiger partial charge < -0.3 is 19.7 Å². The van der Waals surface area contributed by atoms with E-state index in [0.717, 1.165) is 9.87 Å². The zero-order chi connectivity index (χ0) is 25.4. The van der Waals surface area contributed by atoms with Crippen LogP contribution in [-0.2, 0) is 26.0 Å². The summed E-state index contributed by atoms with van der Waals surface area (Å²) in [5.74, 6) is 0.0118. The van der Waals surface area contributed by atoms with E-state index in [2.05, 4.69) is 5.32 Å². The van der Waals surface area contributed by atoms with E-state index in [1.54, 1.807) is 18.2 Å². The van der Waals surface area contributed by atoms with Crippen LogP contribution in [0.5, 0.6) is 11.5 Å². The van der Waals surface area contributed by atoms with Crippen LogP contribution in [-0.4, -0.2) is 70.3 Å². The first-order valence-corrected chi connectivity index (χ1v) is 13.4. The summed E-state index contributed by atoms with van der Waals surface area (Å²) in [7, 11) is -2.28. The van der Waals surface area contributed by atoms with Gasteiger partial charge in [0, 0.05) is 19.7 Å². The molecule has 0 bridgehead atoms. The smallest absolute Gasteiger partial charge is 0.244 e. The first kappa shape index (κ1) is 26.3. The second-order valence-corrected chi connectivity index (χ2v) is 10.3. The molecule has 0 aliphatic carbocycles. The molecule has 1 unspecified atom stereocenters. The van der Waals surface area contributed by atoms with E-state index in [1.165, 1.54) is 18.9 Å². The minimum Gasteiger partial charge on any atom is -0.486 e. The van der Waals surface area contributed by atoms with Crippen LogP contribution in [0.4, 0.5) is 5.69 Å². The maximum absolute atomic E-state index is 13.6. The highest BCUT2D eigenvalue weighted by Crippen LogP contribution is 2.35. The molecule has 1 N–H and O–H groups in total. The second-order valence-electron chi connectivity index (χ2n) is 8.10. The predicted octanol–water partition coefficient (Wildman–Crippen LogP) is 2.21. The van der Waals surface area contributed by atoms with E-state index in [4.69, 9.17) is 9.47 Å². The molecule has 0 aromatic heterocycles. The second kappa shape index (κ2) is 11.9. The summed E-state index contributed by atoms with van der Waals surface area (Å²) in [6, 6.07) is 13.7. The highest BCUT2D eigenvalue weighted by Gasteiger charge is 2.32. The van der Waals surface area contributed by atoms with Crippen molar-refractivity contribution in [2.75, 3.05) is 43.4 Å². The van der Waals surface area contributed by atoms with Crippen LogP contribution in [0.2, 0.25) is 0 Å². The van der Waals surface area contributed by atoms with Gasteiger partial charge in [0.2, 0.25) is 21.8 Å². The molecule has 1 aliphatic heterocycles. The molecule has 3 rings (SSSR count). The molecule has 0 radical (unpaired) electrons. The summed E-state index contributed by atoms with van der Waals surface area (Å²) < 4.78 is 38.3. The molecule has 1 heterocycles. The third-order valence-corrected chi connectivity index (χ3v) is 7.65. The van der Waals surface area contributed by atoms with E-state index >= 15 is 0 Å². The number of anilines is 1. The lowest BCUT2D eigenvalue weighted by molar-refractivity contribution is -0.139. The number of amides is 2. The molecule has 190 valence electrons. The van der Waals surface area contributed by atoms with Crippen molar-refractivity contribution in [2.45, 2.75) is 32.7 Å². The van der Waals surface area contributed by atoms with Gasteiger partial charge in [-0.2, -0.15) is 0 Å². The Labute approximate surface area is 207 Å². The zero-order valence-electron chi connectivity index (χ0n) is 20.4. The third-order valence-electron chi connectivity index (χ3n) is 5.91. The molecule has 2 aromatic carbocycles. The molecule has 0 saturated carbocycles. The third kappa shape index (κ3) is 6.45. The molecule has 1 aliphatic rings. The van der Waals surface area contributed by atoms with Gasteiger partial charge in [-0.3, -0.25) is 13.9 Å². The van der Waals surface area contributed by atoms with Crippen molar-refractivity contribution >= 4 is 27.5 Å². The lowest BCUT2D eigenvalue weighted by atomic mass is 10.1. The van der Waals surface area contributed by atoms with Crippen molar-refractivity contribution in [1.82, 2.24) is 10.2 Å².